The van der Waals surface area contributed by atoms with Gasteiger partial charge in [-0.15, -0.1) is 0 Å². The highest BCUT2D eigenvalue weighted by Gasteiger charge is 2.29. The summed E-state index contributed by atoms with van der Waals surface area (Å²) in [5, 5.41) is 0. The van der Waals surface area contributed by atoms with Gasteiger partial charge in [0.15, 0.2) is 12.6 Å². The Hall–Kier alpha value is -2.87. The van der Waals surface area contributed by atoms with E-state index in [1.807, 2.05) is 0 Å². The highest BCUT2D eigenvalue weighted by Crippen LogP contribution is 2.31. The topological polar surface area (TPSA) is 34.1 Å². The summed E-state index contributed by atoms with van der Waals surface area (Å²) in [5.74, 6) is -1.15. The normalized spacial score (nSPS) is 10.7. The van der Waals surface area contributed by atoms with E-state index >= 15 is 0 Å². The van der Waals surface area contributed by atoms with Crippen molar-refractivity contribution in [2.24, 2.45) is 0 Å². The molecule has 0 saturated heterocycles. The van der Waals surface area contributed by atoms with Crippen LogP contribution in [0.15, 0.2) is 65.1 Å². The average molecular weight is 471 g/mol. The third kappa shape index (κ3) is 6.05. The molecule has 0 bridgehead atoms. The second kappa shape index (κ2) is 9.56. The molecule has 3 aromatic carbocycles. The Morgan fingerprint density at radius 2 is 1.17 bits per heavy atom. The molecule has 8 heteroatoms. The van der Waals surface area contributed by atoms with E-state index in [1.165, 1.54) is 36.4 Å². The summed E-state index contributed by atoms with van der Waals surface area (Å²) in [6.07, 6.45) is -3.54. The number of benzene rings is 3. The highest BCUT2D eigenvalue weighted by atomic mass is 79.9. The fourth-order valence-corrected chi connectivity index (χ4v) is 2.65. The van der Waals surface area contributed by atoms with E-state index in [9.17, 15) is 31.5 Å². The van der Waals surface area contributed by atoms with Gasteiger partial charge < -0.3 is 0 Å². The van der Waals surface area contributed by atoms with Crippen LogP contribution in [0.5, 0.6) is 0 Å². The van der Waals surface area contributed by atoms with E-state index < -0.39 is 23.4 Å². The molecule has 0 aliphatic rings. The second-order valence-electron chi connectivity index (χ2n) is 5.71. The maximum Gasteiger partial charge on any atom is 0.416 e. The van der Waals surface area contributed by atoms with Crippen LogP contribution in [0.2, 0.25) is 0 Å². The van der Waals surface area contributed by atoms with Gasteiger partial charge in [-0.2, -0.15) is 13.2 Å². The van der Waals surface area contributed by atoms with Crippen LogP contribution in [0.25, 0.3) is 11.1 Å². The van der Waals surface area contributed by atoms with Gasteiger partial charge in [-0.1, -0.05) is 34.1 Å². The van der Waals surface area contributed by atoms with Crippen LogP contribution in [-0.4, -0.2) is 12.6 Å². The third-order valence-electron chi connectivity index (χ3n) is 3.75. The number of hydrogen-bond acceptors (Lipinski definition) is 2. The van der Waals surface area contributed by atoms with Crippen molar-refractivity contribution in [3.05, 3.63) is 93.5 Å². The maximum absolute atomic E-state index is 13.1. The van der Waals surface area contributed by atoms with E-state index in [0.717, 1.165) is 18.2 Å². The predicted octanol–water partition coefficient (Wildman–Crippen LogP) is 6.72. The molecule has 3 aromatic rings. The zero-order chi connectivity index (χ0) is 21.6. The summed E-state index contributed by atoms with van der Waals surface area (Å²) < 4.78 is 63.5. The molecule has 0 heterocycles. The van der Waals surface area contributed by atoms with E-state index in [2.05, 4.69) is 15.9 Å². The fraction of sp³-hybridized carbons (Fsp3) is 0.0476. The monoisotopic (exact) mass is 470 g/mol. The second-order valence-corrected chi connectivity index (χ2v) is 6.63. The first-order chi connectivity index (χ1) is 13.7. The molecule has 0 saturated carbocycles. The van der Waals surface area contributed by atoms with Gasteiger partial charge in [-0.05, 0) is 53.6 Å². The van der Waals surface area contributed by atoms with Crippen LogP contribution < -0.4 is 0 Å². The van der Waals surface area contributed by atoms with Crippen molar-refractivity contribution in [3.63, 3.8) is 0 Å². The molecule has 150 valence electrons. The van der Waals surface area contributed by atoms with Crippen LogP contribution in [0.1, 0.15) is 26.3 Å². The van der Waals surface area contributed by atoms with Crippen molar-refractivity contribution in [3.8, 4) is 11.1 Å². The minimum atomic E-state index is -4.39. The molecule has 0 atom stereocenters. The number of carbonyl (C=O) groups excluding carboxylic acids is 2. The Bertz CT molecular complexity index is 1010. The molecule has 0 unspecified atom stereocenters. The Morgan fingerprint density at radius 3 is 1.66 bits per heavy atom. The third-order valence-corrected chi connectivity index (χ3v) is 4.25. The predicted molar refractivity (Wildman–Crippen MR) is 102 cm³/mol. The SMILES string of the molecule is O=Cc1cc(-c2ccc(C(F)(F)F)cc2)ccc1F.O=Cc1cc(Br)ccc1F. The minimum Gasteiger partial charge on any atom is -0.298 e. The van der Waals surface area contributed by atoms with E-state index in [-0.39, 0.29) is 11.1 Å². The molecule has 0 spiro atoms. The Kier molecular flexibility index (Phi) is 7.39. The number of alkyl halides is 3. The van der Waals surface area contributed by atoms with Crippen molar-refractivity contribution in [2.45, 2.75) is 6.18 Å². The van der Waals surface area contributed by atoms with Crippen molar-refractivity contribution >= 4 is 28.5 Å². The number of aldehydes is 2. The number of hydrogen-bond donors (Lipinski definition) is 0. The molecule has 0 N–H and O–H groups in total. The lowest BCUT2D eigenvalue weighted by atomic mass is 10.0. The Balaban J connectivity index is 0.000000253. The highest BCUT2D eigenvalue weighted by molar-refractivity contribution is 9.10. The number of carbonyl (C=O) groups is 2. The Labute approximate surface area is 171 Å². The van der Waals surface area contributed by atoms with Crippen LogP contribution in [-0.2, 0) is 6.18 Å². The average Bonchev–Trinajstić information content (AvgIpc) is 2.70. The smallest absolute Gasteiger partial charge is 0.298 e. The van der Waals surface area contributed by atoms with Crippen molar-refractivity contribution < 1.29 is 31.5 Å². The zero-order valence-corrected chi connectivity index (χ0v) is 16.1. The lowest BCUT2D eigenvalue weighted by Crippen LogP contribution is -2.04. The first-order valence-corrected chi connectivity index (χ1v) is 8.77. The van der Waals surface area contributed by atoms with Crippen LogP contribution >= 0.6 is 15.9 Å². The molecular formula is C21H12BrF5O2. The zero-order valence-electron chi connectivity index (χ0n) is 14.5. The summed E-state index contributed by atoms with van der Waals surface area (Å²) >= 11 is 3.11. The molecule has 0 aromatic heterocycles. The lowest BCUT2D eigenvalue weighted by molar-refractivity contribution is -0.137. The number of halogens is 6. The van der Waals surface area contributed by atoms with Gasteiger partial charge in [-0.3, -0.25) is 9.59 Å². The van der Waals surface area contributed by atoms with Crippen LogP contribution in [0.4, 0.5) is 22.0 Å². The first-order valence-electron chi connectivity index (χ1n) is 7.98. The van der Waals surface area contributed by atoms with Crippen LogP contribution in [0, 0.1) is 11.6 Å². The van der Waals surface area contributed by atoms with Crippen molar-refractivity contribution in [1.82, 2.24) is 0 Å². The molecule has 2 nitrogen and oxygen atoms in total. The molecule has 0 fully saturated rings. The number of rotatable bonds is 3. The molecule has 3 rings (SSSR count). The molecule has 0 aliphatic carbocycles. The van der Waals surface area contributed by atoms with Gasteiger partial charge >= 0.3 is 6.18 Å². The van der Waals surface area contributed by atoms with Gasteiger partial charge in [0.25, 0.3) is 0 Å². The van der Waals surface area contributed by atoms with Crippen LogP contribution in [0.3, 0.4) is 0 Å². The standard InChI is InChI=1S/C14H8F4O.C7H4BrFO/c15-13-6-3-10(7-11(13)8-19)9-1-4-12(5-2-9)14(16,17)18;8-6-1-2-7(9)5(3-6)4-10/h1-8H;1-4H. The van der Waals surface area contributed by atoms with Gasteiger partial charge in [-0.25, -0.2) is 8.78 Å². The molecule has 0 aliphatic heterocycles. The Morgan fingerprint density at radius 1 is 0.690 bits per heavy atom. The molecule has 0 radical (unpaired) electrons. The van der Waals surface area contributed by atoms with Crippen molar-refractivity contribution in [1.29, 1.82) is 0 Å². The maximum atomic E-state index is 13.1. The summed E-state index contributed by atoms with van der Waals surface area (Å²) in [5.41, 5.74) is 0.161. The largest absolute Gasteiger partial charge is 0.416 e. The summed E-state index contributed by atoms with van der Waals surface area (Å²) in [7, 11) is 0. The van der Waals surface area contributed by atoms with E-state index in [4.69, 9.17) is 0 Å². The fourth-order valence-electron chi connectivity index (χ4n) is 2.27. The molecule has 0 amide bonds. The molecular weight excluding hydrogens is 459 g/mol. The van der Waals surface area contributed by atoms with Gasteiger partial charge in [0.05, 0.1) is 16.7 Å². The van der Waals surface area contributed by atoms with Gasteiger partial charge in [0, 0.05) is 4.47 Å². The summed E-state index contributed by atoms with van der Waals surface area (Å²) in [6, 6.07) is 12.5. The van der Waals surface area contributed by atoms with Gasteiger partial charge in [0.1, 0.15) is 11.6 Å². The quantitative estimate of drug-likeness (QED) is 0.314. The van der Waals surface area contributed by atoms with Gasteiger partial charge in [0.2, 0.25) is 0 Å². The lowest BCUT2D eigenvalue weighted by Gasteiger charge is -2.08. The molecule has 29 heavy (non-hydrogen) atoms. The first kappa shape index (κ1) is 22.4. The van der Waals surface area contributed by atoms with E-state index in [0.29, 0.717) is 28.2 Å². The summed E-state index contributed by atoms with van der Waals surface area (Å²) in [6.45, 7) is 0. The summed E-state index contributed by atoms with van der Waals surface area (Å²) in [4.78, 5) is 20.7. The minimum absolute atomic E-state index is 0.0781. The van der Waals surface area contributed by atoms with E-state index in [1.54, 1.807) is 6.07 Å². The van der Waals surface area contributed by atoms with Crippen molar-refractivity contribution in [2.75, 3.05) is 0 Å².